The number of nitrogens with two attached hydrogens (primary N) is 1. The molecule has 9 heteroatoms. The van der Waals surface area contributed by atoms with Crippen molar-refractivity contribution in [2.75, 3.05) is 11.1 Å². The molecule has 3 rings (SSSR count). The average molecular weight is 375 g/mol. The highest BCUT2D eigenvalue weighted by molar-refractivity contribution is 6.32. The van der Waals surface area contributed by atoms with Gasteiger partial charge in [0.05, 0.1) is 21.8 Å². The van der Waals surface area contributed by atoms with Crippen LogP contribution in [0.15, 0.2) is 29.1 Å². The van der Waals surface area contributed by atoms with Gasteiger partial charge in [-0.05, 0) is 18.2 Å². The molecule has 0 aliphatic carbocycles. The van der Waals surface area contributed by atoms with Crippen molar-refractivity contribution in [1.29, 1.82) is 0 Å². The Kier molecular flexibility index (Phi) is 4.29. The zero-order chi connectivity index (χ0) is 19.2. The summed E-state index contributed by atoms with van der Waals surface area (Å²) in [5.74, 6) is -2.01. The number of aromatic nitrogens is 1. The van der Waals surface area contributed by atoms with Crippen molar-refractivity contribution in [3.05, 3.63) is 50.8 Å². The lowest BCUT2D eigenvalue weighted by Gasteiger charge is -2.15. The van der Waals surface area contributed by atoms with Crippen LogP contribution in [0.4, 0.5) is 11.5 Å². The zero-order valence-corrected chi connectivity index (χ0v) is 14.7. The predicted molar refractivity (Wildman–Crippen MR) is 96.7 cm³/mol. The predicted octanol–water partition coefficient (Wildman–Crippen LogP) is 1.55. The van der Waals surface area contributed by atoms with E-state index in [1.165, 1.54) is 12.1 Å². The summed E-state index contributed by atoms with van der Waals surface area (Å²) in [6, 6.07) is 5.58. The van der Waals surface area contributed by atoms with E-state index in [2.05, 4.69) is 10.6 Å². The van der Waals surface area contributed by atoms with Gasteiger partial charge in [0, 0.05) is 17.7 Å². The first kappa shape index (κ1) is 17.7. The van der Waals surface area contributed by atoms with Crippen LogP contribution >= 0.6 is 11.6 Å². The van der Waals surface area contributed by atoms with Gasteiger partial charge in [-0.25, -0.2) is 0 Å². The molecule has 3 amide bonds. The summed E-state index contributed by atoms with van der Waals surface area (Å²) in [4.78, 5) is 48.0. The summed E-state index contributed by atoms with van der Waals surface area (Å²) in [6.45, 7) is 3.48. The number of hydrogen-bond donors (Lipinski definition) is 3. The molecule has 1 aromatic heterocycles. The lowest BCUT2D eigenvalue weighted by molar-refractivity contribution is -0.118. The van der Waals surface area contributed by atoms with Crippen molar-refractivity contribution in [3.63, 3.8) is 0 Å². The Morgan fingerprint density at radius 2 is 1.88 bits per heavy atom. The smallest absolute Gasteiger partial charge is 0.262 e. The molecular weight excluding hydrogens is 360 g/mol. The number of halogens is 1. The second-order valence-corrected chi connectivity index (χ2v) is 6.49. The second-order valence-electron chi connectivity index (χ2n) is 6.09. The van der Waals surface area contributed by atoms with Gasteiger partial charge < -0.3 is 11.1 Å². The third-order valence-electron chi connectivity index (χ3n) is 3.93. The molecule has 0 unspecified atom stereocenters. The average Bonchev–Trinajstić information content (AvgIpc) is 2.84. The lowest BCUT2D eigenvalue weighted by Crippen LogP contribution is -2.24. The number of nitrogens with one attached hydrogen (secondary N) is 2. The van der Waals surface area contributed by atoms with Gasteiger partial charge in [-0.15, -0.1) is 0 Å². The summed E-state index contributed by atoms with van der Waals surface area (Å²) >= 11 is 6.19. The van der Waals surface area contributed by atoms with Crippen molar-refractivity contribution in [1.82, 2.24) is 9.88 Å². The van der Waals surface area contributed by atoms with E-state index in [1.807, 2.05) is 0 Å². The SMILES string of the molecule is CC(C)C(=O)Nc1ccc(Cl)c(-n2c(N)c3c(cc2=O)C(=O)NC3=O)c1. The van der Waals surface area contributed by atoms with Gasteiger partial charge in [0.25, 0.3) is 17.4 Å². The number of amides is 3. The van der Waals surface area contributed by atoms with E-state index in [0.717, 1.165) is 10.6 Å². The van der Waals surface area contributed by atoms with Crippen LogP contribution in [-0.2, 0) is 4.79 Å². The second kappa shape index (κ2) is 6.30. The first-order valence-electron chi connectivity index (χ1n) is 7.72. The number of anilines is 2. The van der Waals surface area contributed by atoms with E-state index in [0.29, 0.717) is 5.69 Å². The number of hydrogen-bond acceptors (Lipinski definition) is 5. The highest BCUT2D eigenvalue weighted by Gasteiger charge is 2.32. The molecule has 134 valence electrons. The van der Waals surface area contributed by atoms with E-state index in [9.17, 15) is 19.2 Å². The molecule has 0 spiro atoms. The molecule has 0 atom stereocenters. The van der Waals surface area contributed by atoms with Crippen LogP contribution in [0.25, 0.3) is 5.69 Å². The van der Waals surface area contributed by atoms with Gasteiger partial charge in [0.15, 0.2) is 0 Å². The minimum atomic E-state index is -0.684. The van der Waals surface area contributed by atoms with E-state index in [1.54, 1.807) is 19.9 Å². The van der Waals surface area contributed by atoms with E-state index >= 15 is 0 Å². The maximum absolute atomic E-state index is 12.5. The monoisotopic (exact) mass is 374 g/mol. The Balaban J connectivity index is 2.17. The molecule has 0 saturated heterocycles. The van der Waals surface area contributed by atoms with Gasteiger partial charge in [-0.1, -0.05) is 25.4 Å². The van der Waals surface area contributed by atoms with Crippen LogP contribution in [0, 0.1) is 5.92 Å². The number of carbonyl (C=O) groups is 3. The van der Waals surface area contributed by atoms with Crippen LogP contribution in [0.1, 0.15) is 34.6 Å². The molecule has 0 bridgehead atoms. The normalized spacial score (nSPS) is 12.9. The van der Waals surface area contributed by atoms with Gasteiger partial charge in [0.1, 0.15) is 5.82 Å². The van der Waals surface area contributed by atoms with Crippen LogP contribution in [-0.4, -0.2) is 22.3 Å². The number of benzene rings is 1. The molecular formula is C17H15ClN4O4. The molecule has 8 nitrogen and oxygen atoms in total. The highest BCUT2D eigenvalue weighted by atomic mass is 35.5. The maximum Gasteiger partial charge on any atom is 0.262 e. The molecule has 4 N–H and O–H groups in total. The summed E-state index contributed by atoms with van der Waals surface area (Å²) < 4.78 is 1.03. The summed E-state index contributed by atoms with van der Waals surface area (Å²) in [7, 11) is 0. The number of carbonyl (C=O) groups excluding carboxylic acids is 3. The fourth-order valence-corrected chi connectivity index (χ4v) is 2.78. The van der Waals surface area contributed by atoms with Gasteiger partial charge in [-0.2, -0.15) is 0 Å². The number of imide groups is 1. The number of rotatable bonds is 3. The molecule has 2 heterocycles. The molecule has 0 saturated carbocycles. The number of nitrogen functional groups attached to an aromatic ring is 1. The molecule has 0 fully saturated rings. The molecule has 0 radical (unpaired) electrons. The summed E-state index contributed by atoms with van der Waals surface area (Å²) in [5, 5.41) is 4.98. The molecule has 1 aliphatic heterocycles. The minimum absolute atomic E-state index is 0.0749. The van der Waals surface area contributed by atoms with Crippen molar-refractivity contribution in [2.45, 2.75) is 13.8 Å². The standard InChI is InChI=1S/C17H15ClN4O4/c1-7(2)15(24)20-8-3-4-10(18)11(5-8)22-12(23)6-9-13(14(22)19)17(26)21-16(9)25/h3-7H,19H2,1-2H3,(H,20,24)(H,21,25,26). The van der Waals surface area contributed by atoms with Crippen molar-refractivity contribution < 1.29 is 14.4 Å². The van der Waals surface area contributed by atoms with Crippen molar-refractivity contribution in [2.24, 2.45) is 5.92 Å². The largest absolute Gasteiger partial charge is 0.384 e. The van der Waals surface area contributed by atoms with E-state index in [4.69, 9.17) is 17.3 Å². The van der Waals surface area contributed by atoms with Crippen molar-refractivity contribution in [3.8, 4) is 5.69 Å². The lowest BCUT2D eigenvalue weighted by atomic mass is 10.1. The molecule has 1 aliphatic rings. The number of fused-ring (bicyclic) bond motifs is 1. The van der Waals surface area contributed by atoms with Crippen LogP contribution in [0.3, 0.4) is 0 Å². The summed E-state index contributed by atoms with van der Waals surface area (Å²) in [6.07, 6.45) is 0. The Hall–Kier alpha value is -3.13. The number of nitrogens with zero attached hydrogens (tertiary/aromatic N) is 1. The zero-order valence-electron chi connectivity index (χ0n) is 13.9. The molecule has 2 aromatic rings. The quantitative estimate of drug-likeness (QED) is 0.703. The molecule has 1 aromatic carbocycles. The Bertz CT molecular complexity index is 1030. The highest BCUT2D eigenvalue weighted by Crippen LogP contribution is 2.28. The minimum Gasteiger partial charge on any atom is -0.384 e. The van der Waals surface area contributed by atoms with Crippen molar-refractivity contribution >= 4 is 40.8 Å². The topological polar surface area (TPSA) is 123 Å². The van der Waals surface area contributed by atoms with E-state index < -0.39 is 17.4 Å². The van der Waals surface area contributed by atoms with Crippen LogP contribution in [0.2, 0.25) is 5.02 Å². The Morgan fingerprint density at radius 3 is 2.54 bits per heavy atom. The Labute approximate surface area is 152 Å². The Morgan fingerprint density at radius 1 is 1.19 bits per heavy atom. The van der Waals surface area contributed by atoms with Gasteiger partial charge in [0.2, 0.25) is 5.91 Å². The summed E-state index contributed by atoms with van der Waals surface area (Å²) in [5.41, 5.74) is 5.81. The fourth-order valence-electron chi connectivity index (χ4n) is 2.58. The third kappa shape index (κ3) is 2.84. The fraction of sp³-hybridized carbons (Fsp3) is 0.176. The first-order valence-corrected chi connectivity index (χ1v) is 8.10. The van der Waals surface area contributed by atoms with Gasteiger partial charge in [-0.3, -0.25) is 29.1 Å². The first-order chi connectivity index (χ1) is 12.2. The van der Waals surface area contributed by atoms with Crippen LogP contribution in [0.5, 0.6) is 0 Å². The van der Waals surface area contributed by atoms with E-state index in [-0.39, 0.29) is 39.5 Å². The number of pyridine rings is 1. The molecule has 26 heavy (non-hydrogen) atoms. The maximum atomic E-state index is 12.5. The van der Waals surface area contributed by atoms with Gasteiger partial charge >= 0.3 is 0 Å². The third-order valence-corrected chi connectivity index (χ3v) is 4.25. The van der Waals surface area contributed by atoms with Crippen LogP contribution < -0.4 is 21.9 Å².